The maximum Gasteiger partial charge on any atom is 0.123 e. The van der Waals surface area contributed by atoms with Crippen LogP contribution < -0.4 is 11.3 Å². The van der Waals surface area contributed by atoms with Gasteiger partial charge in [-0.1, -0.05) is 6.07 Å². The first-order valence-corrected chi connectivity index (χ1v) is 6.40. The molecule has 18 heavy (non-hydrogen) atoms. The lowest BCUT2D eigenvalue weighted by Crippen LogP contribution is -2.52. The first-order valence-electron chi connectivity index (χ1n) is 6.40. The fourth-order valence-corrected chi connectivity index (χ4v) is 2.61. The van der Waals surface area contributed by atoms with Crippen molar-refractivity contribution in [1.82, 2.24) is 5.43 Å². The topological polar surface area (TPSA) is 47.3 Å². The summed E-state index contributed by atoms with van der Waals surface area (Å²) in [5.74, 6) is 5.45. The Kier molecular flexibility index (Phi) is 4.00. The summed E-state index contributed by atoms with van der Waals surface area (Å²) in [5, 5.41) is 0. The standard InChI is InChI=1S/C14H21FN2O/c1-10-4-5-12(15)8-11(10)9-13(17-16)14(2)6-3-7-18-14/h4-5,8,13,17H,3,6-7,9,16H2,1-2H3. The van der Waals surface area contributed by atoms with Gasteiger partial charge in [-0.25, -0.2) is 4.39 Å². The Morgan fingerprint density at radius 3 is 2.94 bits per heavy atom. The number of halogens is 1. The zero-order chi connectivity index (χ0) is 13.2. The molecule has 100 valence electrons. The molecular formula is C14H21FN2O. The van der Waals surface area contributed by atoms with E-state index in [1.807, 2.05) is 6.92 Å². The molecule has 1 fully saturated rings. The summed E-state index contributed by atoms with van der Waals surface area (Å²) in [6.45, 7) is 4.83. The van der Waals surface area contributed by atoms with Crippen molar-refractivity contribution < 1.29 is 9.13 Å². The van der Waals surface area contributed by atoms with E-state index in [1.54, 1.807) is 12.1 Å². The third-order valence-electron chi connectivity index (χ3n) is 3.92. The number of nitrogens with two attached hydrogens (primary N) is 1. The lowest BCUT2D eigenvalue weighted by atomic mass is 9.87. The van der Waals surface area contributed by atoms with E-state index in [1.165, 1.54) is 6.07 Å². The van der Waals surface area contributed by atoms with Crippen molar-refractivity contribution in [3.8, 4) is 0 Å². The smallest absolute Gasteiger partial charge is 0.123 e. The van der Waals surface area contributed by atoms with Crippen LogP contribution in [0.1, 0.15) is 30.9 Å². The molecule has 0 saturated carbocycles. The van der Waals surface area contributed by atoms with Gasteiger partial charge in [-0.05, 0) is 56.4 Å². The molecule has 0 aromatic heterocycles. The molecule has 3 nitrogen and oxygen atoms in total. The van der Waals surface area contributed by atoms with Crippen LogP contribution in [0.5, 0.6) is 0 Å². The summed E-state index contributed by atoms with van der Waals surface area (Å²) < 4.78 is 19.1. The van der Waals surface area contributed by atoms with Gasteiger partial charge < -0.3 is 4.74 Å². The number of hydrazine groups is 1. The first-order chi connectivity index (χ1) is 8.55. The highest BCUT2D eigenvalue weighted by molar-refractivity contribution is 5.28. The molecule has 1 aliphatic heterocycles. The maximum atomic E-state index is 13.3. The van der Waals surface area contributed by atoms with E-state index in [-0.39, 0.29) is 17.5 Å². The Morgan fingerprint density at radius 1 is 1.56 bits per heavy atom. The minimum absolute atomic E-state index is 0.000463. The van der Waals surface area contributed by atoms with Crippen molar-refractivity contribution in [3.63, 3.8) is 0 Å². The third kappa shape index (κ3) is 2.71. The molecule has 1 heterocycles. The maximum absolute atomic E-state index is 13.3. The van der Waals surface area contributed by atoms with Gasteiger partial charge in [0.15, 0.2) is 0 Å². The summed E-state index contributed by atoms with van der Waals surface area (Å²) in [7, 11) is 0. The Balaban J connectivity index is 2.17. The van der Waals surface area contributed by atoms with E-state index < -0.39 is 0 Å². The van der Waals surface area contributed by atoms with Crippen molar-refractivity contribution in [2.45, 2.75) is 44.8 Å². The average Bonchev–Trinajstić information content (AvgIpc) is 2.78. The Bertz CT molecular complexity index is 416. The van der Waals surface area contributed by atoms with Crippen LogP contribution in [0.4, 0.5) is 4.39 Å². The number of benzene rings is 1. The number of hydrogen-bond acceptors (Lipinski definition) is 3. The summed E-state index contributed by atoms with van der Waals surface area (Å²) in [4.78, 5) is 0. The summed E-state index contributed by atoms with van der Waals surface area (Å²) >= 11 is 0. The first kappa shape index (κ1) is 13.5. The van der Waals surface area contributed by atoms with Crippen molar-refractivity contribution in [3.05, 3.63) is 35.1 Å². The fraction of sp³-hybridized carbons (Fsp3) is 0.571. The van der Waals surface area contributed by atoms with Crippen LogP contribution in [0, 0.1) is 12.7 Å². The summed E-state index contributed by atoms with van der Waals surface area (Å²) in [6, 6.07) is 4.87. The third-order valence-corrected chi connectivity index (χ3v) is 3.92. The summed E-state index contributed by atoms with van der Waals surface area (Å²) in [6.07, 6.45) is 2.71. The molecule has 2 unspecified atom stereocenters. The van der Waals surface area contributed by atoms with Crippen LogP contribution in [0.15, 0.2) is 18.2 Å². The van der Waals surface area contributed by atoms with E-state index in [4.69, 9.17) is 10.6 Å². The van der Waals surface area contributed by atoms with Crippen LogP contribution in [0.2, 0.25) is 0 Å². The predicted molar refractivity (Wildman–Crippen MR) is 69.5 cm³/mol. The molecule has 0 bridgehead atoms. The predicted octanol–water partition coefficient (Wildman–Crippen LogP) is 2.08. The SMILES string of the molecule is Cc1ccc(F)cc1CC(NN)C1(C)CCCO1. The molecule has 0 aliphatic carbocycles. The van der Waals surface area contributed by atoms with Crippen LogP contribution >= 0.6 is 0 Å². The van der Waals surface area contributed by atoms with Gasteiger partial charge in [-0.3, -0.25) is 11.3 Å². The average molecular weight is 252 g/mol. The van der Waals surface area contributed by atoms with Crippen molar-refractivity contribution in [1.29, 1.82) is 0 Å². The molecule has 0 spiro atoms. The van der Waals surface area contributed by atoms with E-state index >= 15 is 0 Å². The molecular weight excluding hydrogens is 231 g/mol. The van der Waals surface area contributed by atoms with Crippen LogP contribution in [-0.2, 0) is 11.2 Å². The number of rotatable bonds is 4. The lowest BCUT2D eigenvalue weighted by Gasteiger charge is -2.33. The normalized spacial score (nSPS) is 25.3. The number of hydrogen-bond donors (Lipinski definition) is 2. The van der Waals surface area contributed by atoms with Crippen molar-refractivity contribution >= 4 is 0 Å². The summed E-state index contributed by atoms with van der Waals surface area (Å²) in [5.41, 5.74) is 4.64. The zero-order valence-corrected chi connectivity index (χ0v) is 11.0. The molecule has 2 atom stereocenters. The fourth-order valence-electron chi connectivity index (χ4n) is 2.61. The second-order valence-corrected chi connectivity index (χ2v) is 5.26. The van der Waals surface area contributed by atoms with Crippen molar-refractivity contribution in [2.24, 2.45) is 5.84 Å². The van der Waals surface area contributed by atoms with Gasteiger partial charge in [0.05, 0.1) is 11.6 Å². The van der Waals surface area contributed by atoms with Gasteiger partial charge in [-0.15, -0.1) is 0 Å². The molecule has 4 heteroatoms. The molecule has 1 aliphatic rings. The van der Waals surface area contributed by atoms with Crippen LogP contribution in [0.3, 0.4) is 0 Å². The van der Waals surface area contributed by atoms with Gasteiger partial charge in [0.25, 0.3) is 0 Å². The highest BCUT2D eigenvalue weighted by atomic mass is 19.1. The molecule has 1 aromatic carbocycles. The minimum atomic E-state index is -0.256. The van der Waals surface area contributed by atoms with E-state index in [0.29, 0.717) is 6.42 Å². The number of nitrogens with one attached hydrogen (secondary N) is 1. The Morgan fingerprint density at radius 2 is 2.33 bits per heavy atom. The zero-order valence-electron chi connectivity index (χ0n) is 11.0. The number of aryl methyl sites for hydroxylation is 1. The van der Waals surface area contributed by atoms with Gasteiger partial charge >= 0.3 is 0 Å². The van der Waals surface area contributed by atoms with E-state index in [2.05, 4.69) is 12.3 Å². The van der Waals surface area contributed by atoms with E-state index in [0.717, 1.165) is 30.6 Å². The molecule has 1 aromatic rings. The Hall–Kier alpha value is -0.970. The van der Waals surface area contributed by atoms with Gasteiger partial charge in [0, 0.05) is 6.61 Å². The highest BCUT2D eigenvalue weighted by Crippen LogP contribution is 2.30. The number of ether oxygens (including phenoxy) is 1. The van der Waals surface area contributed by atoms with Gasteiger partial charge in [0.2, 0.25) is 0 Å². The highest BCUT2D eigenvalue weighted by Gasteiger charge is 2.38. The second kappa shape index (κ2) is 5.34. The quantitative estimate of drug-likeness (QED) is 0.637. The van der Waals surface area contributed by atoms with Crippen LogP contribution in [0.25, 0.3) is 0 Å². The van der Waals surface area contributed by atoms with Gasteiger partial charge in [0.1, 0.15) is 5.82 Å². The molecule has 1 saturated heterocycles. The lowest BCUT2D eigenvalue weighted by molar-refractivity contribution is -0.0115. The second-order valence-electron chi connectivity index (χ2n) is 5.26. The largest absolute Gasteiger partial charge is 0.374 e. The van der Waals surface area contributed by atoms with Crippen LogP contribution in [-0.4, -0.2) is 18.2 Å². The Labute approximate surface area is 107 Å². The molecule has 0 amide bonds. The minimum Gasteiger partial charge on any atom is -0.374 e. The van der Waals surface area contributed by atoms with E-state index in [9.17, 15) is 4.39 Å². The molecule has 0 radical (unpaired) electrons. The van der Waals surface area contributed by atoms with Gasteiger partial charge in [-0.2, -0.15) is 0 Å². The molecule has 2 rings (SSSR count). The molecule has 3 N–H and O–H groups in total. The van der Waals surface area contributed by atoms with Crippen molar-refractivity contribution in [2.75, 3.05) is 6.61 Å². The monoisotopic (exact) mass is 252 g/mol.